The van der Waals surface area contributed by atoms with Crippen molar-refractivity contribution < 1.29 is 36.2 Å². The topological polar surface area (TPSA) is 52.6 Å². The average Bonchev–Trinajstić information content (AvgIpc) is 2.53. The van der Waals surface area contributed by atoms with Gasteiger partial charge in [-0.25, -0.2) is 17.3 Å². The van der Waals surface area contributed by atoms with Gasteiger partial charge in [0.2, 0.25) is 0 Å². The molecule has 0 aliphatic heterocycles. The van der Waals surface area contributed by atoms with Gasteiger partial charge < -0.3 is 9.31 Å². The number of hydrogen-bond donors (Lipinski definition) is 0. The molecule has 4 nitrogen and oxygen atoms in total. The van der Waals surface area contributed by atoms with Crippen molar-refractivity contribution in [3.05, 3.63) is 58.7 Å². The summed E-state index contributed by atoms with van der Waals surface area (Å²) in [6, 6.07) is 7.44. The van der Waals surface area contributed by atoms with E-state index >= 15 is 0 Å². The van der Waals surface area contributed by atoms with Gasteiger partial charge in [-0.15, -0.1) is 0 Å². The third kappa shape index (κ3) is 2.64. The number of ketones is 2. The zero-order valence-electron chi connectivity index (χ0n) is 11.8. The molecule has 0 fully saturated rings. The Labute approximate surface area is 133 Å². The van der Waals surface area contributed by atoms with Crippen LogP contribution in [0.5, 0.6) is 11.5 Å². The van der Waals surface area contributed by atoms with Crippen molar-refractivity contribution in [3.63, 3.8) is 0 Å². The molecule has 0 amide bonds. The summed E-state index contributed by atoms with van der Waals surface area (Å²) in [5.74, 6) is -2.71. The van der Waals surface area contributed by atoms with Crippen LogP contribution in [0, 0.1) is 0 Å². The van der Waals surface area contributed by atoms with E-state index in [0.717, 1.165) is 12.1 Å². The molecule has 1 aliphatic carbocycles. The van der Waals surface area contributed by atoms with Crippen LogP contribution in [-0.2, 0) is 0 Å². The number of rotatable bonds is 4. The van der Waals surface area contributed by atoms with E-state index in [-0.39, 0.29) is 11.1 Å². The van der Waals surface area contributed by atoms with E-state index in [1.165, 1.54) is 24.3 Å². The Morgan fingerprint density at radius 3 is 1.38 bits per heavy atom. The Morgan fingerprint density at radius 1 is 0.667 bits per heavy atom. The lowest BCUT2D eigenvalue weighted by Crippen LogP contribution is -2.25. The Bertz CT molecular complexity index is 774. The van der Waals surface area contributed by atoms with Crippen molar-refractivity contribution in [2.45, 2.75) is 0 Å². The van der Waals surface area contributed by atoms with Crippen LogP contribution in [-0.4, -0.2) is 26.5 Å². The largest absolute Gasteiger partial charge is 0.796 e. The molecule has 0 N–H and O–H groups in total. The minimum Gasteiger partial charge on any atom is -0.505 e. The van der Waals surface area contributed by atoms with Gasteiger partial charge >= 0.3 is 14.9 Å². The van der Waals surface area contributed by atoms with Gasteiger partial charge in [0.1, 0.15) is 11.5 Å². The van der Waals surface area contributed by atoms with Crippen molar-refractivity contribution in [2.75, 3.05) is 0 Å². The zero-order chi connectivity index (χ0) is 17.4. The molecule has 0 saturated heterocycles. The summed E-state index contributed by atoms with van der Waals surface area (Å²) in [5, 5.41) is 0. The van der Waals surface area contributed by atoms with E-state index in [9.17, 15) is 26.9 Å². The number of benzene rings is 2. The standard InChI is InChI=1S/C14H6B2F4O4/c17-15(18)23-9-5-6-10(24-16(19)20)12-11(9)13(21)7-3-1-2-4-8(7)14(12)22/h1-6H. The minimum absolute atomic E-state index is 0.0247. The third-order valence-electron chi connectivity index (χ3n) is 3.43. The number of carbonyl (C=O) groups excluding carboxylic acids is 2. The Kier molecular flexibility index (Phi) is 4.04. The molecule has 0 unspecified atom stereocenters. The molecular weight excluding hydrogens is 330 g/mol. The molecule has 0 atom stereocenters. The fourth-order valence-corrected chi connectivity index (χ4v) is 2.55. The van der Waals surface area contributed by atoms with Crippen LogP contribution < -0.4 is 9.31 Å². The van der Waals surface area contributed by atoms with E-state index in [2.05, 4.69) is 9.31 Å². The highest BCUT2D eigenvalue weighted by Crippen LogP contribution is 2.39. The molecule has 1 aliphatic rings. The minimum atomic E-state index is -3.25. The zero-order valence-corrected chi connectivity index (χ0v) is 11.8. The SMILES string of the molecule is O=C1c2ccccc2C(=O)c2c(OB(F)F)ccc(OB(F)F)c21. The predicted octanol–water partition coefficient (Wildman–Crippen LogP) is 3.07. The van der Waals surface area contributed by atoms with Crippen LogP contribution in [0.25, 0.3) is 0 Å². The van der Waals surface area contributed by atoms with E-state index in [1.54, 1.807) is 0 Å². The van der Waals surface area contributed by atoms with Crippen LogP contribution >= 0.6 is 0 Å². The van der Waals surface area contributed by atoms with Crippen molar-refractivity contribution >= 4 is 26.5 Å². The van der Waals surface area contributed by atoms with Crippen molar-refractivity contribution in [3.8, 4) is 11.5 Å². The van der Waals surface area contributed by atoms with Gasteiger partial charge in [-0.1, -0.05) is 24.3 Å². The number of halogens is 4. The Hall–Kier alpha value is -2.77. The third-order valence-corrected chi connectivity index (χ3v) is 3.43. The van der Waals surface area contributed by atoms with Gasteiger partial charge in [-0.2, -0.15) is 0 Å². The summed E-state index contributed by atoms with van der Waals surface area (Å²) in [6.07, 6.45) is 0. The lowest BCUT2D eigenvalue weighted by molar-refractivity contribution is 0.0975. The average molecular weight is 336 g/mol. The molecule has 0 radical (unpaired) electrons. The molecule has 2 aromatic carbocycles. The second-order valence-electron chi connectivity index (χ2n) is 4.77. The fourth-order valence-electron chi connectivity index (χ4n) is 2.55. The van der Waals surface area contributed by atoms with Crippen LogP contribution in [0.3, 0.4) is 0 Å². The second-order valence-corrected chi connectivity index (χ2v) is 4.77. The molecule has 0 aromatic heterocycles. The quantitative estimate of drug-likeness (QED) is 0.543. The maximum absolute atomic E-state index is 12.6. The lowest BCUT2D eigenvalue weighted by Gasteiger charge is -2.22. The van der Waals surface area contributed by atoms with Gasteiger partial charge in [0.05, 0.1) is 11.1 Å². The molecule has 0 saturated carbocycles. The highest BCUT2D eigenvalue weighted by molar-refractivity contribution is 6.37. The molecule has 3 rings (SSSR count). The van der Waals surface area contributed by atoms with Gasteiger partial charge in [0.15, 0.2) is 11.6 Å². The van der Waals surface area contributed by atoms with Crippen LogP contribution in [0.15, 0.2) is 36.4 Å². The predicted molar refractivity (Wildman–Crippen MR) is 76.9 cm³/mol. The van der Waals surface area contributed by atoms with E-state index in [1.807, 2.05) is 0 Å². The molecule has 24 heavy (non-hydrogen) atoms. The van der Waals surface area contributed by atoms with Crippen LogP contribution in [0.1, 0.15) is 31.8 Å². The first-order valence-electron chi connectivity index (χ1n) is 6.65. The summed E-state index contributed by atoms with van der Waals surface area (Å²) in [5.41, 5.74) is -1.08. The molecule has 0 bridgehead atoms. The fraction of sp³-hybridized carbons (Fsp3) is 0. The van der Waals surface area contributed by atoms with Gasteiger partial charge in [-0.05, 0) is 12.1 Å². The highest BCUT2D eigenvalue weighted by Gasteiger charge is 2.37. The van der Waals surface area contributed by atoms with E-state index < -0.39 is 49.1 Å². The highest BCUT2D eigenvalue weighted by atomic mass is 19.2. The second kappa shape index (κ2) is 6.03. The van der Waals surface area contributed by atoms with Gasteiger partial charge in [0.25, 0.3) is 0 Å². The maximum Gasteiger partial charge on any atom is 0.796 e. The Morgan fingerprint density at radius 2 is 1.04 bits per heavy atom. The van der Waals surface area contributed by atoms with Crippen molar-refractivity contribution in [2.24, 2.45) is 0 Å². The number of hydrogen-bond acceptors (Lipinski definition) is 4. The molecule has 120 valence electrons. The summed E-state index contributed by atoms with van der Waals surface area (Å²) >= 11 is 0. The van der Waals surface area contributed by atoms with E-state index in [4.69, 9.17) is 0 Å². The van der Waals surface area contributed by atoms with Crippen LogP contribution in [0.2, 0.25) is 0 Å². The first kappa shape index (κ1) is 16.1. The number of carbonyl (C=O) groups is 2. The van der Waals surface area contributed by atoms with Crippen LogP contribution in [0.4, 0.5) is 17.3 Å². The molecule has 0 spiro atoms. The van der Waals surface area contributed by atoms with Crippen molar-refractivity contribution in [1.82, 2.24) is 0 Å². The summed E-state index contributed by atoms with van der Waals surface area (Å²) in [4.78, 5) is 25.1. The first-order chi connectivity index (χ1) is 11.4. The molecule has 0 heterocycles. The molecular formula is C14H6B2F4O4. The maximum atomic E-state index is 12.6. The number of fused-ring (bicyclic) bond motifs is 2. The van der Waals surface area contributed by atoms with Gasteiger partial charge in [0, 0.05) is 11.1 Å². The van der Waals surface area contributed by atoms with Crippen molar-refractivity contribution in [1.29, 1.82) is 0 Å². The monoisotopic (exact) mass is 336 g/mol. The molecule has 10 heteroatoms. The summed E-state index contributed by atoms with van der Waals surface area (Å²) in [6.45, 7) is 0. The lowest BCUT2D eigenvalue weighted by atomic mass is 9.83. The summed E-state index contributed by atoms with van der Waals surface area (Å²) < 4.78 is 58.7. The summed E-state index contributed by atoms with van der Waals surface area (Å²) in [7, 11) is -6.51. The molecule has 2 aromatic rings. The smallest absolute Gasteiger partial charge is 0.505 e. The van der Waals surface area contributed by atoms with Gasteiger partial charge in [-0.3, -0.25) is 9.59 Å². The van der Waals surface area contributed by atoms with E-state index in [0.29, 0.717) is 0 Å². The first-order valence-corrected chi connectivity index (χ1v) is 6.65. The Balaban J connectivity index is 2.26. The normalized spacial score (nSPS) is 12.3.